The zero-order chi connectivity index (χ0) is 13.0. The standard InChI is InChI=1S/C18H24/c1-4-16-9-6-10-17(12-16)14-18(5-2)11-7-8-15(3)13-18/h6-12H,4-5,13-14H2,1-3H3. The van der Waals surface area contributed by atoms with Crippen molar-refractivity contribution in [3.63, 3.8) is 0 Å². The third kappa shape index (κ3) is 2.93. The van der Waals surface area contributed by atoms with E-state index in [2.05, 4.69) is 63.3 Å². The predicted octanol–water partition coefficient (Wildman–Crippen LogP) is 5.09. The largest absolute Gasteiger partial charge is 0.0777 e. The highest BCUT2D eigenvalue weighted by atomic mass is 14.3. The smallest absolute Gasteiger partial charge is 0.00403 e. The van der Waals surface area contributed by atoms with Gasteiger partial charge in [0.15, 0.2) is 0 Å². The summed E-state index contributed by atoms with van der Waals surface area (Å²) in [4.78, 5) is 0. The van der Waals surface area contributed by atoms with Gasteiger partial charge in [-0.15, -0.1) is 0 Å². The van der Waals surface area contributed by atoms with Gasteiger partial charge in [0.1, 0.15) is 0 Å². The second-order valence-corrected chi connectivity index (χ2v) is 5.62. The lowest BCUT2D eigenvalue weighted by molar-refractivity contribution is 0.356. The van der Waals surface area contributed by atoms with Crippen molar-refractivity contribution in [3.8, 4) is 0 Å². The molecule has 2 rings (SSSR count). The summed E-state index contributed by atoms with van der Waals surface area (Å²) in [6.45, 7) is 6.78. The normalized spacial score (nSPS) is 22.9. The van der Waals surface area contributed by atoms with E-state index < -0.39 is 0 Å². The van der Waals surface area contributed by atoms with Crippen LogP contribution in [0.5, 0.6) is 0 Å². The molecule has 0 saturated heterocycles. The molecule has 0 spiro atoms. The second-order valence-electron chi connectivity index (χ2n) is 5.62. The van der Waals surface area contributed by atoms with Gasteiger partial charge in [-0.25, -0.2) is 0 Å². The van der Waals surface area contributed by atoms with Crippen LogP contribution in [0.4, 0.5) is 0 Å². The quantitative estimate of drug-likeness (QED) is 0.687. The zero-order valence-corrected chi connectivity index (χ0v) is 11.9. The first-order valence-corrected chi connectivity index (χ1v) is 7.10. The Kier molecular flexibility index (Phi) is 4.06. The Hall–Kier alpha value is -1.30. The Labute approximate surface area is 111 Å². The van der Waals surface area contributed by atoms with Gasteiger partial charge in [-0.3, -0.25) is 0 Å². The molecule has 18 heavy (non-hydrogen) atoms. The Morgan fingerprint density at radius 3 is 2.61 bits per heavy atom. The van der Waals surface area contributed by atoms with E-state index in [0.717, 1.165) is 6.42 Å². The van der Waals surface area contributed by atoms with E-state index in [1.165, 1.54) is 36.0 Å². The maximum Gasteiger partial charge on any atom is -0.00403 e. The van der Waals surface area contributed by atoms with Gasteiger partial charge >= 0.3 is 0 Å². The fraction of sp³-hybridized carbons (Fsp3) is 0.444. The van der Waals surface area contributed by atoms with Crippen LogP contribution in [0.1, 0.15) is 44.7 Å². The summed E-state index contributed by atoms with van der Waals surface area (Å²) >= 11 is 0. The second kappa shape index (κ2) is 5.56. The Bertz CT molecular complexity index is 465. The molecule has 0 amide bonds. The van der Waals surface area contributed by atoms with E-state index in [1.807, 2.05) is 0 Å². The number of hydrogen-bond donors (Lipinski definition) is 0. The minimum Gasteiger partial charge on any atom is -0.0777 e. The summed E-state index contributed by atoms with van der Waals surface area (Å²) in [6, 6.07) is 9.08. The first kappa shape index (κ1) is 13.1. The zero-order valence-electron chi connectivity index (χ0n) is 11.9. The average molecular weight is 240 g/mol. The van der Waals surface area contributed by atoms with Crippen molar-refractivity contribution in [3.05, 3.63) is 59.2 Å². The fourth-order valence-electron chi connectivity index (χ4n) is 2.95. The van der Waals surface area contributed by atoms with Crippen LogP contribution in [-0.4, -0.2) is 0 Å². The number of aryl methyl sites for hydroxylation is 1. The van der Waals surface area contributed by atoms with Crippen LogP contribution in [0, 0.1) is 5.41 Å². The van der Waals surface area contributed by atoms with E-state index in [4.69, 9.17) is 0 Å². The third-order valence-electron chi connectivity index (χ3n) is 4.12. The summed E-state index contributed by atoms with van der Waals surface area (Å²) in [6.07, 6.45) is 11.6. The molecule has 1 aromatic carbocycles. The van der Waals surface area contributed by atoms with Crippen LogP contribution in [0.15, 0.2) is 48.1 Å². The molecule has 1 aliphatic rings. The van der Waals surface area contributed by atoms with Crippen LogP contribution >= 0.6 is 0 Å². The highest BCUT2D eigenvalue weighted by Gasteiger charge is 2.27. The first-order valence-electron chi connectivity index (χ1n) is 7.10. The van der Waals surface area contributed by atoms with Gasteiger partial charge < -0.3 is 0 Å². The van der Waals surface area contributed by atoms with Crippen molar-refractivity contribution in [2.24, 2.45) is 5.41 Å². The Balaban J connectivity index is 2.20. The van der Waals surface area contributed by atoms with Crippen molar-refractivity contribution >= 4 is 0 Å². The molecule has 0 bridgehead atoms. The molecule has 1 atom stereocenters. The maximum atomic E-state index is 2.42. The van der Waals surface area contributed by atoms with Gasteiger partial charge in [-0.2, -0.15) is 0 Å². The van der Waals surface area contributed by atoms with Crippen molar-refractivity contribution < 1.29 is 0 Å². The molecule has 1 aliphatic carbocycles. The minimum absolute atomic E-state index is 0.338. The summed E-state index contributed by atoms with van der Waals surface area (Å²) in [7, 11) is 0. The molecule has 0 nitrogen and oxygen atoms in total. The van der Waals surface area contributed by atoms with Crippen molar-refractivity contribution in [2.75, 3.05) is 0 Å². The molecule has 0 radical (unpaired) electrons. The number of rotatable bonds is 4. The lowest BCUT2D eigenvalue weighted by Gasteiger charge is -2.32. The molecule has 0 aromatic heterocycles. The van der Waals surface area contributed by atoms with Crippen molar-refractivity contribution in [1.29, 1.82) is 0 Å². The van der Waals surface area contributed by atoms with Gasteiger partial charge in [0.25, 0.3) is 0 Å². The summed E-state index contributed by atoms with van der Waals surface area (Å²) < 4.78 is 0. The van der Waals surface area contributed by atoms with E-state index in [-0.39, 0.29) is 0 Å². The maximum absolute atomic E-state index is 2.42. The highest BCUT2D eigenvalue weighted by molar-refractivity contribution is 5.29. The van der Waals surface area contributed by atoms with E-state index in [1.54, 1.807) is 0 Å². The Morgan fingerprint density at radius 1 is 1.17 bits per heavy atom. The molecule has 1 unspecified atom stereocenters. The van der Waals surface area contributed by atoms with E-state index in [0.29, 0.717) is 5.41 Å². The van der Waals surface area contributed by atoms with Gasteiger partial charge in [0.2, 0.25) is 0 Å². The lowest BCUT2D eigenvalue weighted by Crippen LogP contribution is -2.22. The minimum atomic E-state index is 0.338. The number of hydrogen-bond acceptors (Lipinski definition) is 0. The molecule has 1 aromatic rings. The molecule has 0 N–H and O–H groups in total. The lowest BCUT2D eigenvalue weighted by atomic mass is 9.72. The predicted molar refractivity (Wildman–Crippen MR) is 79.8 cm³/mol. The van der Waals surface area contributed by atoms with Gasteiger partial charge in [-0.1, -0.05) is 61.9 Å². The molecular formula is C18H24. The number of allylic oxidation sites excluding steroid dienone is 4. The third-order valence-corrected chi connectivity index (χ3v) is 4.12. The molecule has 0 fully saturated rings. The SMILES string of the molecule is CCc1cccc(CC2(CC)C=CC=C(C)C2)c1. The van der Waals surface area contributed by atoms with E-state index in [9.17, 15) is 0 Å². The van der Waals surface area contributed by atoms with Crippen LogP contribution in [0.25, 0.3) is 0 Å². The Morgan fingerprint density at radius 2 is 1.94 bits per heavy atom. The van der Waals surface area contributed by atoms with Gasteiger partial charge in [-0.05, 0) is 49.1 Å². The monoisotopic (exact) mass is 240 g/mol. The molecular weight excluding hydrogens is 216 g/mol. The van der Waals surface area contributed by atoms with Crippen LogP contribution in [0.2, 0.25) is 0 Å². The summed E-state index contributed by atoms with van der Waals surface area (Å²) in [5.74, 6) is 0. The molecule has 0 heterocycles. The summed E-state index contributed by atoms with van der Waals surface area (Å²) in [5, 5.41) is 0. The highest BCUT2D eigenvalue weighted by Crippen LogP contribution is 2.38. The molecule has 0 saturated carbocycles. The first-order chi connectivity index (χ1) is 8.67. The molecule has 0 heteroatoms. The number of benzene rings is 1. The molecule has 96 valence electrons. The fourth-order valence-corrected chi connectivity index (χ4v) is 2.95. The van der Waals surface area contributed by atoms with Crippen molar-refractivity contribution in [1.82, 2.24) is 0 Å². The van der Waals surface area contributed by atoms with Gasteiger partial charge in [0.05, 0.1) is 0 Å². The van der Waals surface area contributed by atoms with Gasteiger partial charge in [0, 0.05) is 0 Å². The molecule has 0 aliphatic heterocycles. The topological polar surface area (TPSA) is 0 Å². The average Bonchev–Trinajstić information content (AvgIpc) is 2.39. The van der Waals surface area contributed by atoms with Crippen LogP contribution in [-0.2, 0) is 12.8 Å². The van der Waals surface area contributed by atoms with Crippen molar-refractivity contribution in [2.45, 2.75) is 46.5 Å². The van der Waals surface area contributed by atoms with Crippen LogP contribution < -0.4 is 0 Å². The summed E-state index contributed by atoms with van der Waals surface area (Å²) in [5.41, 5.74) is 4.78. The van der Waals surface area contributed by atoms with E-state index >= 15 is 0 Å². The van der Waals surface area contributed by atoms with Crippen LogP contribution in [0.3, 0.4) is 0 Å².